The molecule has 5 nitrogen and oxygen atoms in total. The van der Waals surface area contributed by atoms with Crippen molar-refractivity contribution in [1.29, 1.82) is 0 Å². The number of anilines is 1. The number of benzene rings is 1. The van der Waals surface area contributed by atoms with Gasteiger partial charge >= 0.3 is 18.3 Å². The molecule has 0 saturated carbocycles. The number of alkyl halides is 4. The number of hydrogen-bond acceptors (Lipinski definition) is 3. The average Bonchev–Trinajstić information content (AvgIpc) is 2.30. The Bertz CT molecular complexity index is 631. The molecule has 0 spiro atoms. The summed E-state index contributed by atoms with van der Waals surface area (Å²) in [6, 6.07) is 3.09. The number of primary sulfonamides is 1. The molecule has 0 aromatic heterocycles. The Labute approximate surface area is 111 Å². The van der Waals surface area contributed by atoms with Crippen molar-refractivity contribution in [2.45, 2.75) is 24.2 Å². The van der Waals surface area contributed by atoms with E-state index >= 15 is 0 Å². The van der Waals surface area contributed by atoms with E-state index in [2.05, 4.69) is 0 Å². The van der Waals surface area contributed by atoms with Crippen molar-refractivity contribution >= 4 is 21.6 Å². The minimum atomic E-state index is -4.88. The fourth-order valence-corrected chi connectivity index (χ4v) is 1.76. The lowest BCUT2D eigenvalue weighted by Crippen LogP contribution is -2.41. The van der Waals surface area contributed by atoms with Gasteiger partial charge in [0.05, 0.1) is 4.90 Å². The van der Waals surface area contributed by atoms with Crippen LogP contribution in [-0.4, -0.2) is 26.7 Å². The zero-order valence-corrected chi connectivity index (χ0v) is 10.8. The third kappa shape index (κ3) is 3.45. The number of hydrogen-bond donors (Lipinski definition) is 2. The molecule has 0 bridgehead atoms. The second-order valence-electron chi connectivity index (χ2n) is 3.90. The smallest absolute Gasteiger partial charge is 0.320 e. The quantitative estimate of drug-likeness (QED) is 0.825. The first-order chi connectivity index (χ1) is 8.96. The molecule has 1 rings (SSSR count). The second kappa shape index (κ2) is 5.37. The summed E-state index contributed by atoms with van der Waals surface area (Å²) >= 11 is 0. The number of aryl methyl sites for hydroxylation is 1. The van der Waals surface area contributed by atoms with Crippen LogP contribution in [0, 0.1) is 6.92 Å². The Balaban J connectivity index is 3.13. The fraction of sp³-hybridized carbons (Fsp3) is 0.300. The van der Waals surface area contributed by atoms with E-state index in [0.29, 0.717) is 0 Å². The highest BCUT2D eigenvalue weighted by Gasteiger charge is 2.49. The molecule has 0 fully saturated rings. The number of amides is 1. The topological polar surface area (TPSA) is 89.3 Å². The standard InChI is InChI=1S/C10H10F4N2O3S/c1-5-2-3-6(20(15,18)19)4-7(5)16-9(17)10(13,14)8(11)12/h2-4,8H,1H3,(H,16,17)(H2,15,18,19). The van der Waals surface area contributed by atoms with Gasteiger partial charge in [-0.05, 0) is 24.6 Å². The number of nitrogens with one attached hydrogen (secondary N) is 1. The molecule has 1 aromatic rings. The van der Waals surface area contributed by atoms with Crippen molar-refractivity contribution in [2.24, 2.45) is 5.14 Å². The van der Waals surface area contributed by atoms with Crippen LogP contribution in [0.25, 0.3) is 0 Å². The third-order valence-corrected chi connectivity index (χ3v) is 3.27. The number of sulfonamides is 1. The zero-order chi connectivity index (χ0) is 15.7. The van der Waals surface area contributed by atoms with Gasteiger partial charge in [0.15, 0.2) is 0 Å². The molecule has 0 atom stereocenters. The lowest BCUT2D eigenvalue weighted by Gasteiger charge is -2.16. The molecule has 10 heteroatoms. The van der Waals surface area contributed by atoms with Crippen molar-refractivity contribution in [2.75, 3.05) is 5.32 Å². The van der Waals surface area contributed by atoms with Crippen LogP contribution in [0.15, 0.2) is 23.1 Å². The van der Waals surface area contributed by atoms with E-state index in [-0.39, 0.29) is 11.3 Å². The number of nitrogens with two attached hydrogens (primary N) is 1. The Morgan fingerprint density at radius 1 is 1.35 bits per heavy atom. The van der Waals surface area contributed by atoms with Crippen LogP contribution < -0.4 is 10.5 Å². The molecule has 112 valence electrons. The summed E-state index contributed by atoms with van der Waals surface area (Å²) in [7, 11) is -4.12. The van der Waals surface area contributed by atoms with Gasteiger partial charge in [-0.1, -0.05) is 6.07 Å². The number of rotatable bonds is 4. The van der Waals surface area contributed by atoms with Gasteiger partial charge in [0, 0.05) is 5.69 Å². The van der Waals surface area contributed by atoms with Gasteiger partial charge in [0.1, 0.15) is 0 Å². The van der Waals surface area contributed by atoms with Crippen LogP contribution >= 0.6 is 0 Å². The van der Waals surface area contributed by atoms with E-state index in [1.807, 2.05) is 0 Å². The number of carbonyl (C=O) groups excluding carboxylic acids is 1. The summed E-state index contributed by atoms with van der Waals surface area (Å²) < 4.78 is 71.8. The molecule has 0 radical (unpaired) electrons. The Morgan fingerprint density at radius 2 is 1.90 bits per heavy atom. The van der Waals surface area contributed by atoms with Gasteiger partial charge in [0.2, 0.25) is 10.0 Å². The van der Waals surface area contributed by atoms with Gasteiger partial charge in [-0.3, -0.25) is 4.79 Å². The first-order valence-electron chi connectivity index (χ1n) is 5.07. The van der Waals surface area contributed by atoms with Gasteiger partial charge in [-0.25, -0.2) is 22.3 Å². The predicted octanol–water partition coefficient (Wildman–Crippen LogP) is 1.48. The van der Waals surface area contributed by atoms with Crippen LogP contribution in [0.3, 0.4) is 0 Å². The molecule has 0 aliphatic rings. The van der Waals surface area contributed by atoms with Crippen molar-refractivity contribution in [3.8, 4) is 0 Å². The van der Waals surface area contributed by atoms with E-state index in [1.165, 1.54) is 13.0 Å². The van der Waals surface area contributed by atoms with E-state index in [0.717, 1.165) is 12.1 Å². The van der Waals surface area contributed by atoms with Crippen molar-refractivity contribution in [3.63, 3.8) is 0 Å². The van der Waals surface area contributed by atoms with E-state index in [4.69, 9.17) is 5.14 Å². The molecule has 1 aromatic carbocycles. The third-order valence-electron chi connectivity index (χ3n) is 2.36. The summed E-state index contributed by atoms with van der Waals surface area (Å²) in [6.07, 6.45) is -4.18. The van der Waals surface area contributed by atoms with E-state index in [9.17, 15) is 30.8 Å². The van der Waals surface area contributed by atoms with Gasteiger partial charge in [0.25, 0.3) is 0 Å². The van der Waals surface area contributed by atoms with Crippen LogP contribution in [0.5, 0.6) is 0 Å². The molecule has 0 heterocycles. The van der Waals surface area contributed by atoms with Crippen molar-refractivity contribution < 1.29 is 30.8 Å². The maximum absolute atomic E-state index is 12.8. The largest absolute Gasteiger partial charge is 0.383 e. The van der Waals surface area contributed by atoms with Gasteiger partial charge in [-0.2, -0.15) is 8.78 Å². The summed E-state index contributed by atoms with van der Waals surface area (Å²) in [5, 5.41) is 6.39. The average molecular weight is 314 g/mol. The maximum Gasteiger partial charge on any atom is 0.383 e. The highest BCUT2D eigenvalue weighted by Crippen LogP contribution is 2.26. The molecule has 0 aliphatic heterocycles. The van der Waals surface area contributed by atoms with E-state index < -0.39 is 33.2 Å². The van der Waals surface area contributed by atoms with E-state index in [1.54, 1.807) is 5.32 Å². The maximum atomic E-state index is 12.8. The lowest BCUT2D eigenvalue weighted by atomic mass is 10.2. The molecule has 20 heavy (non-hydrogen) atoms. The van der Waals surface area contributed by atoms with Gasteiger partial charge < -0.3 is 5.32 Å². The second-order valence-corrected chi connectivity index (χ2v) is 5.46. The van der Waals surface area contributed by atoms with Gasteiger partial charge in [-0.15, -0.1) is 0 Å². The summed E-state index contributed by atoms with van der Waals surface area (Å²) in [5.74, 6) is -7.12. The van der Waals surface area contributed by atoms with Crippen LogP contribution in [-0.2, 0) is 14.8 Å². The molecule has 0 aliphatic carbocycles. The van der Waals surface area contributed by atoms with Crippen LogP contribution in [0.2, 0.25) is 0 Å². The molecular weight excluding hydrogens is 304 g/mol. The number of carbonyl (C=O) groups is 1. The summed E-state index contributed by atoms with van der Waals surface area (Å²) in [6.45, 7) is 1.36. The van der Waals surface area contributed by atoms with Crippen LogP contribution in [0.4, 0.5) is 23.2 Å². The van der Waals surface area contributed by atoms with Crippen molar-refractivity contribution in [3.05, 3.63) is 23.8 Å². The molecule has 3 N–H and O–H groups in total. The minimum Gasteiger partial charge on any atom is -0.320 e. The summed E-state index contributed by atoms with van der Waals surface area (Å²) in [5.41, 5.74) is -0.141. The van der Waals surface area contributed by atoms with Crippen LogP contribution in [0.1, 0.15) is 5.56 Å². The normalized spacial score (nSPS) is 12.6. The first-order valence-corrected chi connectivity index (χ1v) is 6.61. The molecule has 0 unspecified atom stereocenters. The summed E-state index contributed by atoms with van der Waals surface area (Å²) in [4.78, 5) is 10.6. The fourth-order valence-electron chi connectivity index (χ4n) is 1.22. The highest BCUT2D eigenvalue weighted by atomic mass is 32.2. The Morgan fingerprint density at radius 3 is 2.35 bits per heavy atom. The Hall–Kier alpha value is -1.68. The molecular formula is C10H10F4N2O3S. The monoisotopic (exact) mass is 314 g/mol. The predicted molar refractivity (Wildman–Crippen MR) is 62.1 cm³/mol. The molecule has 0 saturated heterocycles. The van der Waals surface area contributed by atoms with Crippen molar-refractivity contribution in [1.82, 2.24) is 0 Å². The highest BCUT2D eigenvalue weighted by molar-refractivity contribution is 7.89. The molecule has 1 amide bonds. The first kappa shape index (κ1) is 16.4. The Kier molecular flexibility index (Phi) is 4.39. The lowest BCUT2D eigenvalue weighted by molar-refractivity contribution is -0.163. The zero-order valence-electron chi connectivity index (χ0n) is 10.0. The SMILES string of the molecule is Cc1ccc(S(N)(=O)=O)cc1NC(=O)C(F)(F)C(F)F. The minimum absolute atomic E-state index is 0.204. The number of halogens is 4.